The number of piperidine rings is 1. The number of carbonyl (C=O) groups is 1. The van der Waals surface area contributed by atoms with Crippen LogP contribution in [0, 0.1) is 11.6 Å². The average molecular weight is 492 g/mol. The van der Waals surface area contributed by atoms with Gasteiger partial charge in [-0.3, -0.25) is 9.78 Å². The maximum atomic E-state index is 14.2. The van der Waals surface area contributed by atoms with Crippen molar-refractivity contribution >= 4 is 34.4 Å². The third-order valence-electron chi connectivity index (χ3n) is 6.34. The number of fused-ring (bicyclic) bond motifs is 1. The van der Waals surface area contributed by atoms with Crippen LogP contribution < -0.4 is 4.72 Å². The summed E-state index contributed by atoms with van der Waals surface area (Å²) in [5.74, 6) is -2.18. The molecule has 4 aromatic rings. The van der Waals surface area contributed by atoms with E-state index in [4.69, 9.17) is 0 Å². The Morgan fingerprint density at radius 3 is 2.46 bits per heavy atom. The van der Waals surface area contributed by atoms with Crippen molar-refractivity contribution in [3.05, 3.63) is 102 Å². The lowest BCUT2D eigenvalue weighted by Crippen LogP contribution is -2.45. The Kier molecular flexibility index (Phi) is 6.40. The number of aliphatic hydroxyl groups is 1. The van der Waals surface area contributed by atoms with Gasteiger partial charge in [-0.1, -0.05) is 30.3 Å². The van der Waals surface area contributed by atoms with Crippen molar-refractivity contribution < 1.29 is 18.7 Å². The molecule has 1 saturated heterocycles. The number of hydrogen-bond acceptors (Lipinski definition) is 5. The Balaban J connectivity index is 1.21. The summed E-state index contributed by atoms with van der Waals surface area (Å²) in [4.78, 5) is 20.1. The standard InChI is InChI=1S/C27H23F2N3O2S/c28-22-7-2-6-21(24(22)29)27(34)13-16-32(17-14-27)26(33)19-9-11-20(12-10-19)31-35-23-8-1-4-18-5-3-15-30-25(18)23/h1-12,15,31,34H,13-14,16-17H2. The highest BCUT2D eigenvalue weighted by Crippen LogP contribution is 2.35. The van der Waals surface area contributed by atoms with Gasteiger partial charge >= 0.3 is 0 Å². The minimum atomic E-state index is -1.50. The molecule has 3 aromatic carbocycles. The maximum absolute atomic E-state index is 14.2. The lowest BCUT2D eigenvalue weighted by atomic mass is 9.84. The highest BCUT2D eigenvalue weighted by molar-refractivity contribution is 8.00. The zero-order valence-electron chi connectivity index (χ0n) is 18.7. The van der Waals surface area contributed by atoms with Crippen molar-refractivity contribution in [1.29, 1.82) is 0 Å². The van der Waals surface area contributed by atoms with Gasteiger partial charge in [0.05, 0.1) is 16.0 Å². The van der Waals surface area contributed by atoms with E-state index in [0.29, 0.717) is 5.56 Å². The molecule has 1 aliphatic rings. The van der Waals surface area contributed by atoms with Crippen molar-refractivity contribution in [3.8, 4) is 0 Å². The summed E-state index contributed by atoms with van der Waals surface area (Å²) in [6.07, 6.45) is 2.03. The molecule has 8 heteroatoms. The molecule has 1 amide bonds. The van der Waals surface area contributed by atoms with Gasteiger partial charge in [0.15, 0.2) is 11.6 Å². The average Bonchev–Trinajstić information content (AvgIpc) is 2.89. The van der Waals surface area contributed by atoms with E-state index in [1.165, 1.54) is 24.1 Å². The summed E-state index contributed by atoms with van der Waals surface area (Å²) in [7, 11) is 0. The van der Waals surface area contributed by atoms with Crippen LogP contribution in [0.1, 0.15) is 28.8 Å². The molecule has 2 heterocycles. The number of carbonyl (C=O) groups excluding carboxylic acids is 1. The highest BCUT2D eigenvalue weighted by atomic mass is 32.2. The Hall–Kier alpha value is -3.49. The molecule has 1 aromatic heterocycles. The van der Waals surface area contributed by atoms with Crippen LogP contribution in [0.25, 0.3) is 10.9 Å². The molecule has 0 radical (unpaired) electrons. The minimum Gasteiger partial charge on any atom is -0.385 e. The van der Waals surface area contributed by atoms with Crippen LogP contribution in [0.15, 0.2) is 83.9 Å². The summed E-state index contributed by atoms with van der Waals surface area (Å²) < 4.78 is 31.1. The van der Waals surface area contributed by atoms with Crippen LogP contribution in [0.2, 0.25) is 0 Å². The van der Waals surface area contributed by atoms with Crippen molar-refractivity contribution in [1.82, 2.24) is 9.88 Å². The Bertz CT molecular complexity index is 1370. The second kappa shape index (κ2) is 9.64. The normalized spacial score (nSPS) is 15.2. The molecule has 5 rings (SSSR count). The zero-order valence-corrected chi connectivity index (χ0v) is 19.6. The molecule has 0 unspecified atom stereocenters. The fourth-order valence-corrected chi connectivity index (χ4v) is 5.13. The fourth-order valence-electron chi connectivity index (χ4n) is 4.35. The van der Waals surface area contributed by atoms with Gasteiger partial charge in [0.2, 0.25) is 0 Å². The molecule has 1 aliphatic heterocycles. The number of rotatable bonds is 5. The number of benzene rings is 3. The van der Waals surface area contributed by atoms with E-state index in [1.54, 1.807) is 23.2 Å². The second-order valence-electron chi connectivity index (χ2n) is 8.54. The predicted molar refractivity (Wildman–Crippen MR) is 133 cm³/mol. The number of amides is 1. The topological polar surface area (TPSA) is 65.5 Å². The number of hydrogen-bond donors (Lipinski definition) is 2. The summed E-state index contributed by atoms with van der Waals surface area (Å²) in [6, 6.07) is 20.9. The fraction of sp³-hybridized carbons (Fsp3) is 0.185. The molecule has 0 aliphatic carbocycles. The summed E-state index contributed by atoms with van der Waals surface area (Å²) >= 11 is 1.45. The first-order chi connectivity index (χ1) is 16.9. The lowest BCUT2D eigenvalue weighted by molar-refractivity contribution is -0.0240. The van der Waals surface area contributed by atoms with Crippen molar-refractivity contribution in [2.75, 3.05) is 17.8 Å². The van der Waals surface area contributed by atoms with E-state index in [9.17, 15) is 18.7 Å². The van der Waals surface area contributed by atoms with Gasteiger partial charge in [-0.2, -0.15) is 0 Å². The summed E-state index contributed by atoms with van der Waals surface area (Å²) in [6.45, 7) is 0.491. The monoisotopic (exact) mass is 491 g/mol. The molecule has 0 atom stereocenters. The third-order valence-corrected chi connectivity index (χ3v) is 7.22. The first-order valence-corrected chi connectivity index (χ1v) is 12.1. The molecular formula is C27H23F2N3O2S. The molecule has 1 fully saturated rings. The van der Waals surface area contributed by atoms with Crippen LogP contribution in [-0.4, -0.2) is 34.0 Å². The molecule has 5 nitrogen and oxygen atoms in total. The van der Waals surface area contributed by atoms with Crippen LogP contribution in [0.3, 0.4) is 0 Å². The van der Waals surface area contributed by atoms with Gasteiger partial charge in [-0.05, 0) is 67.3 Å². The molecular weight excluding hydrogens is 468 g/mol. The number of nitrogens with one attached hydrogen (secondary N) is 1. The first kappa shape index (κ1) is 23.3. The molecule has 2 N–H and O–H groups in total. The minimum absolute atomic E-state index is 0.0566. The van der Waals surface area contributed by atoms with Crippen molar-refractivity contribution in [2.24, 2.45) is 0 Å². The number of nitrogens with zero attached hydrogens (tertiary/aromatic N) is 2. The number of pyridine rings is 1. The van der Waals surface area contributed by atoms with Gasteiger partial charge in [-0.15, -0.1) is 0 Å². The maximum Gasteiger partial charge on any atom is 0.253 e. The van der Waals surface area contributed by atoms with Crippen LogP contribution >= 0.6 is 11.9 Å². The van der Waals surface area contributed by atoms with Crippen molar-refractivity contribution in [3.63, 3.8) is 0 Å². The van der Waals surface area contributed by atoms with Gasteiger partial charge < -0.3 is 14.7 Å². The summed E-state index contributed by atoms with van der Waals surface area (Å²) in [5.41, 5.74) is 0.731. The number of anilines is 1. The Morgan fingerprint density at radius 2 is 1.69 bits per heavy atom. The molecule has 0 spiro atoms. The molecule has 0 saturated carbocycles. The van der Waals surface area contributed by atoms with Gasteiger partial charge in [0, 0.05) is 41.5 Å². The smallest absolute Gasteiger partial charge is 0.253 e. The van der Waals surface area contributed by atoms with Crippen LogP contribution in [0.4, 0.5) is 14.5 Å². The van der Waals surface area contributed by atoms with E-state index in [1.807, 2.05) is 42.5 Å². The van der Waals surface area contributed by atoms with Gasteiger partial charge in [0.1, 0.15) is 0 Å². The van der Waals surface area contributed by atoms with E-state index in [-0.39, 0.29) is 37.4 Å². The number of para-hydroxylation sites is 1. The first-order valence-electron chi connectivity index (χ1n) is 11.3. The van der Waals surface area contributed by atoms with E-state index in [0.717, 1.165) is 27.6 Å². The molecule has 0 bridgehead atoms. The number of likely N-dealkylation sites (tertiary alicyclic amines) is 1. The lowest BCUT2D eigenvalue weighted by Gasteiger charge is -2.38. The highest BCUT2D eigenvalue weighted by Gasteiger charge is 2.38. The van der Waals surface area contributed by atoms with Crippen molar-refractivity contribution in [2.45, 2.75) is 23.3 Å². The predicted octanol–water partition coefficient (Wildman–Crippen LogP) is 5.76. The Labute approximate surface area is 205 Å². The molecule has 35 heavy (non-hydrogen) atoms. The quantitative estimate of drug-likeness (QED) is 0.348. The van der Waals surface area contributed by atoms with Crippen LogP contribution in [0.5, 0.6) is 0 Å². The van der Waals surface area contributed by atoms with E-state index >= 15 is 0 Å². The third kappa shape index (κ3) is 4.72. The SMILES string of the molecule is O=C(c1ccc(NSc2cccc3cccnc23)cc1)N1CCC(O)(c2cccc(F)c2F)CC1. The van der Waals surface area contributed by atoms with E-state index < -0.39 is 17.2 Å². The Morgan fingerprint density at radius 1 is 0.971 bits per heavy atom. The van der Waals surface area contributed by atoms with Gasteiger partial charge in [0.25, 0.3) is 5.91 Å². The van der Waals surface area contributed by atoms with E-state index in [2.05, 4.69) is 9.71 Å². The second-order valence-corrected chi connectivity index (χ2v) is 9.39. The largest absolute Gasteiger partial charge is 0.385 e. The summed E-state index contributed by atoms with van der Waals surface area (Å²) in [5, 5.41) is 12.0. The molecule has 178 valence electrons. The van der Waals surface area contributed by atoms with Gasteiger partial charge in [-0.25, -0.2) is 8.78 Å². The zero-order chi connectivity index (χ0) is 24.4. The number of halogens is 2. The van der Waals surface area contributed by atoms with Crippen LogP contribution in [-0.2, 0) is 5.60 Å². The number of aromatic nitrogens is 1.